The number of piperidine rings is 1. The molecule has 0 spiro atoms. The normalized spacial score (nSPS) is 21.7. The van der Waals surface area contributed by atoms with Crippen LogP contribution < -0.4 is 15.4 Å². The fourth-order valence-electron chi connectivity index (χ4n) is 5.25. The molecule has 0 amide bonds. The molecule has 2 aliphatic rings. The SMILES string of the molecule is CN1CC(C)(C)CC(CNc2nc(Nc3ccc4c(c3)-n3nnnc3C(C)(C)O4)ncc2F)C1(C)C. The van der Waals surface area contributed by atoms with Gasteiger partial charge in [-0.3, -0.25) is 0 Å². The number of tetrazole rings is 1. The summed E-state index contributed by atoms with van der Waals surface area (Å²) in [5, 5.41) is 18.4. The van der Waals surface area contributed by atoms with Crippen LogP contribution in [0.5, 0.6) is 5.75 Å². The molecule has 0 saturated carbocycles. The molecule has 1 fully saturated rings. The number of hydrogen-bond donors (Lipinski definition) is 2. The molecule has 1 saturated heterocycles. The number of fused-ring (bicyclic) bond motifs is 3. The third-order valence-corrected chi connectivity index (χ3v) is 7.52. The summed E-state index contributed by atoms with van der Waals surface area (Å²) in [5.74, 6) is 1.58. The van der Waals surface area contributed by atoms with E-state index in [0.717, 1.165) is 13.0 Å². The van der Waals surface area contributed by atoms with Crippen molar-refractivity contribution in [1.29, 1.82) is 0 Å². The highest BCUT2D eigenvalue weighted by atomic mass is 19.1. The first-order valence-corrected chi connectivity index (χ1v) is 12.2. The number of anilines is 3. The summed E-state index contributed by atoms with van der Waals surface area (Å²) in [5.41, 5.74) is 0.933. The highest BCUT2D eigenvalue weighted by molar-refractivity contribution is 5.63. The van der Waals surface area contributed by atoms with Crippen molar-refractivity contribution in [3.63, 3.8) is 0 Å². The molecule has 36 heavy (non-hydrogen) atoms. The van der Waals surface area contributed by atoms with Crippen molar-refractivity contribution < 1.29 is 9.13 Å². The van der Waals surface area contributed by atoms with Gasteiger partial charge in [0.25, 0.3) is 0 Å². The summed E-state index contributed by atoms with van der Waals surface area (Å²) in [6.07, 6.45) is 2.23. The molecule has 10 nitrogen and oxygen atoms in total. The number of nitrogens with zero attached hydrogens (tertiary/aromatic N) is 7. The maximum absolute atomic E-state index is 14.6. The highest BCUT2D eigenvalue weighted by Gasteiger charge is 2.43. The molecule has 0 bridgehead atoms. The van der Waals surface area contributed by atoms with E-state index < -0.39 is 11.4 Å². The van der Waals surface area contributed by atoms with Gasteiger partial charge < -0.3 is 20.3 Å². The fourth-order valence-corrected chi connectivity index (χ4v) is 5.25. The van der Waals surface area contributed by atoms with E-state index in [1.807, 2.05) is 32.0 Å². The van der Waals surface area contributed by atoms with Gasteiger partial charge in [0, 0.05) is 24.3 Å². The standard InChI is InChI=1S/C25H34FN9O/c1-23(2)11-15(24(3,4)34(7)14-23)12-27-20-17(26)13-28-22(30-20)29-16-8-9-19-18(10-16)35-21(31-32-33-35)25(5,6)36-19/h8-10,13,15H,11-12,14H2,1-7H3,(H2,27,28,29,30). The van der Waals surface area contributed by atoms with Crippen LogP contribution in [0.25, 0.3) is 5.69 Å². The summed E-state index contributed by atoms with van der Waals surface area (Å²) in [6, 6.07) is 5.55. The largest absolute Gasteiger partial charge is 0.478 e. The van der Waals surface area contributed by atoms with Gasteiger partial charge in [0.05, 0.1) is 6.20 Å². The Morgan fingerprint density at radius 3 is 2.72 bits per heavy atom. The molecule has 2 aliphatic heterocycles. The minimum absolute atomic E-state index is 0.0120. The highest BCUT2D eigenvalue weighted by Crippen LogP contribution is 2.41. The van der Waals surface area contributed by atoms with Gasteiger partial charge in [0.1, 0.15) is 11.4 Å². The predicted octanol–water partition coefficient (Wildman–Crippen LogP) is 4.13. The number of hydrogen-bond acceptors (Lipinski definition) is 9. The first-order chi connectivity index (χ1) is 16.9. The zero-order chi connectivity index (χ0) is 25.9. The quantitative estimate of drug-likeness (QED) is 0.540. The van der Waals surface area contributed by atoms with Crippen LogP contribution in [0, 0.1) is 17.2 Å². The molecule has 1 atom stereocenters. The molecule has 2 aromatic heterocycles. The van der Waals surface area contributed by atoms with Crippen molar-refractivity contribution in [2.24, 2.45) is 11.3 Å². The van der Waals surface area contributed by atoms with Crippen LogP contribution in [0.3, 0.4) is 0 Å². The molecule has 1 aromatic carbocycles. The number of nitrogens with one attached hydrogen (secondary N) is 2. The number of halogens is 1. The van der Waals surface area contributed by atoms with Gasteiger partial charge in [-0.1, -0.05) is 13.8 Å². The van der Waals surface area contributed by atoms with Gasteiger partial charge in [-0.15, -0.1) is 5.10 Å². The maximum atomic E-state index is 14.6. The van der Waals surface area contributed by atoms with Crippen LogP contribution in [-0.4, -0.2) is 60.8 Å². The van der Waals surface area contributed by atoms with Gasteiger partial charge in [-0.25, -0.2) is 9.37 Å². The van der Waals surface area contributed by atoms with E-state index in [1.54, 1.807) is 4.68 Å². The first-order valence-electron chi connectivity index (χ1n) is 12.2. The van der Waals surface area contributed by atoms with Crippen molar-refractivity contribution in [3.8, 4) is 11.4 Å². The van der Waals surface area contributed by atoms with Gasteiger partial charge in [-0.05, 0) is 81.1 Å². The lowest BCUT2D eigenvalue weighted by molar-refractivity contribution is -0.0148. The molecular formula is C25H34FN9O. The number of likely N-dealkylation sites (tertiary alicyclic amines) is 1. The first kappa shape index (κ1) is 24.4. The monoisotopic (exact) mass is 495 g/mol. The number of rotatable bonds is 5. The number of ether oxygens (including phenoxy) is 1. The van der Waals surface area contributed by atoms with Crippen LogP contribution in [-0.2, 0) is 5.60 Å². The third kappa shape index (κ3) is 4.36. The predicted molar refractivity (Wildman–Crippen MR) is 135 cm³/mol. The summed E-state index contributed by atoms with van der Waals surface area (Å²) in [4.78, 5) is 11.0. The van der Waals surface area contributed by atoms with Crippen LogP contribution in [0.4, 0.5) is 21.8 Å². The molecule has 3 aromatic rings. The minimum atomic E-state index is -0.650. The average Bonchev–Trinajstić information content (AvgIpc) is 3.29. The van der Waals surface area contributed by atoms with Crippen molar-refractivity contribution in [1.82, 2.24) is 35.1 Å². The molecule has 4 heterocycles. The van der Waals surface area contributed by atoms with E-state index >= 15 is 0 Å². The van der Waals surface area contributed by atoms with E-state index in [2.05, 4.69) is 75.8 Å². The Kier molecular flexibility index (Phi) is 5.66. The Morgan fingerprint density at radius 1 is 1.17 bits per heavy atom. The van der Waals surface area contributed by atoms with Crippen molar-refractivity contribution in [2.45, 2.75) is 59.1 Å². The zero-order valence-electron chi connectivity index (χ0n) is 21.9. The van der Waals surface area contributed by atoms with Crippen molar-refractivity contribution >= 4 is 17.5 Å². The molecule has 5 rings (SSSR count). The van der Waals surface area contributed by atoms with E-state index in [1.165, 1.54) is 6.20 Å². The maximum Gasteiger partial charge on any atom is 0.229 e. The second-order valence-corrected chi connectivity index (χ2v) is 11.7. The number of benzene rings is 1. The third-order valence-electron chi connectivity index (χ3n) is 7.52. The second-order valence-electron chi connectivity index (χ2n) is 11.7. The van der Waals surface area contributed by atoms with Crippen molar-refractivity contribution in [3.05, 3.63) is 36.0 Å². The van der Waals surface area contributed by atoms with Crippen LogP contribution in [0.2, 0.25) is 0 Å². The van der Waals surface area contributed by atoms with E-state index in [4.69, 9.17) is 4.74 Å². The molecule has 0 radical (unpaired) electrons. The van der Waals surface area contributed by atoms with Crippen molar-refractivity contribution in [2.75, 3.05) is 30.8 Å². The topological polar surface area (TPSA) is 106 Å². The average molecular weight is 496 g/mol. The number of aromatic nitrogens is 6. The molecule has 0 aliphatic carbocycles. The summed E-state index contributed by atoms with van der Waals surface area (Å²) < 4.78 is 22.4. The lowest BCUT2D eigenvalue weighted by Crippen LogP contribution is -2.58. The summed E-state index contributed by atoms with van der Waals surface area (Å²) in [7, 11) is 2.16. The van der Waals surface area contributed by atoms with Crippen LogP contribution >= 0.6 is 0 Å². The van der Waals surface area contributed by atoms with Crippen LogP contribution in [0.1, 0.15) is 53.8 Å². The van der Waals surface area contributed by atoms with Gasteiger partial charge in [-0.2, -0.15) is 9.67 Å². The van der Waals surface area contributed by atoms with E-state index in [-0.39, 0.29) is 22.7 Å². The Balaban J connectivity index is 1.34. The lowest BCUT2D eigenvalue weighted by atomic mass is 9.69. The Morgan fingerprint density at radius 2 is 1.94 bits per heavy atom. The summed E-state index contributed by atoms with van der Waals surface area (Å²) in [6.45, 7) is 14.5. The van der Waals surface area contributed by atoms with Gasteiger partial charge in [0.2, 0.25) is 5.95 Å². The molecular weight excluding hydrogens is 461 g/mol. The van der Waals surface area contributed by atoms with Gasteiger partial charge >= 0.3 is 0 Å². The molecule has 1 unspecified atom stereocenters. The molecule has 11 heteroatoms. The zero-order valence-corrected chi connectivity index (χ0v) is 21.9. The Labute approximate surface area is 210 Å². The fraction of sp³-hybridized carbons (Fsp3) is 0.560. The van der Waals surface area contributed by atoms with E-state index in [9.17, 15) is 4.39 Å². The molecule has 192 valence electrons. The van der Waals surface area contributed by atoms with E-state index in [0.29, 0.717) is 35.4 Å². The van der Waals surface area contributed by atoms with Crippen LogP contribution in [0.15, 0.2) is 24.4 Å². The minimum Gasteiger partial charge on any atom is -0.478 e. The Bertz CT molecular complexity index is 1290. The second kappa shape index (κ2) is 8.36. The van der Waals surface area contributed by atoms with Gasteiger partial charge in [0.15, 0.2) is 23.1 Å². The Hall–Kier alpha value is -3.34. The smallest absolute Gasteiger partial charge is 0.229 e. The lowest BCUT2D eigenvalue weighted by Gasteiger charge is -2.52. The summed E-state index contributed by atoms with van der Waals surface area (Å²) >= 11 is 0. The molecule has 2 N–H and O–H groups in total.